The molecule has 3 heteroatoms. The van der Waals surface area contributed by atoms with Crippen LogP contribution in [0.25, 0.3) is 0 Å². The summed E-state index contributed by atoms with van der Waals surface area (Å²) in [4.78, 5) is 11.4. The van der Waals surface area contributed by atoms with Gasteiger partial charge >= 0.3 is 0 Å². The quantitative estimate of drug-likeness (QED) is 0.659. The number of carbonyl (C=O) groups excluding carboxylic acids is 1. The molecule has 0 rings (SSSR count). The lowest BCUT2D eigenvalue weighted by Gasteiger charge is -2.27. The molecular formula is C10H22N2O. The van der Waals surface area contributed by atoms with Crippen LogP contribution in [0, 0.1) is 0 Å². The summed E-state index contributed by atoms with van der Waals surface area (Å²) in [5.41, 5.74) is 5.36. The molecule has 3 nitrogen and oxygen atoms in total. The zero-order valence-electron chi connectivity index (χ0n) is 9.02. The van der Waals surface area contributed by atoms with Crippen LogP contribution in [0.3, 0.4) is 0 Å². The molecule has 13 heavy (non-hydrogen) atoms. The Morgan fingerprint density at radius 3 is 2.46 bits per heavy atom. The van der Waals surface area contributed by atoms with E-state index in [2.05, 4.69) is 12.2 Å². The van der Waals surface area contributed by atoms with Gasteiger partial charge in [0.15, 0.2) is 0 Å². The van der Waals surface area contributed by atoms with Crippen LogP contribution in [0.15, 0.2) is 0 Å². The van der Waals surface area contributed by atoms with Crippen molar-refractivity contribution in [3.63, 3.8) is 0 Å². The van der Waals surface area contributed by atoms with E-state index in [1.807, 2.05) is 13.8 Å². The van der Waals surface area contributed by atoms with Crippen molar-refractivity contribution < 1.29 is 4.79 Å². The van der Waals surface area contributed by atoms with Crippen molar-refractivity contribution in [3.8, 4) is 0 Å². The van der Waals surface area contributed by atoms with Gasteiger partial charge in [0.1, 0.15) is 0 Å². The first kappa shape index (κ1) is 12.4. The maximum absolute atomic E-state index is 11.4. The summed E-state index contributed by atoms with van der Waals surface area (Å²) in [6.45, 7) is 6.60. The highest BCUT2D eigenvalue weighted by Gasteiger charge is 2.21. The number of amides is 1. The standard InChI is InChI=1S/C10H22N2O/c1-4-6-7-9(13)12-10(3,5-2)8-11/h4-8,11H2,1-3H3,(H,12,13). The predicted molar refractivity (Wildman–Crippen MR) is 55.4 cm³/mol. The average molecular weight is 186 g/mol. The van der Waals surface area contributed by atoms with Crippen LogP contribution in [0.5, 0.6) is 0 Å². The number of nitrogens with one attached hydrogen (secondary N) is 1. The Hall–Kier alpha value is -0.570. The third-order valence-electron chi connectivity index (χ3n) is 2.43. The summed E-state index contributed by atoms with van der Waals surface area (Å²) >= 11 is 0. The van der Waals surface area contributed by atoms with E-state index in [1.54, 1.807) is 0 Å². The lowest BCUT2D eigenvalue weighted by atomic mass is 9.99. The summed E-state index contributed by atoms with van der Waals surface area (Å²) in [5.74, 6) is 0.122. The van der Waals surface area contributed by atoms with Crippen LogP contribution in [0.1, 0.15) is 46.5 Å². The van der Waals surface area contributed by atoms with Gasteiger partial charge < -0.3 is 11.1 Å². The second-order valence-electron chi connectivity index (χ2n) is 3.77. The highest BCUT2D eigenvalue weighted by molar-refractivity contribution is 5.76. The Morgan fingerprint density at radius 2 is 2.08 bits per heavy atom. The second-order valence-corrected chi connectivity index (χ2v) is 3.77. The number of hydrogen-bond donors (Lipinski definition) is 2. The van der Waals surface area contributed by atoms with Gasteiger partial charge in [-0.05, 0) is 19.8 Å². The van der Waals surface area contributed by atoms with Gasteiger partial charge in [-0.2, -0.15) is 0 Å². The molecular weight excluding hydrogens is 164 g/mol. The molecule has 0 bridgehead atoms. The van der Waals surface area contributed by atoms with Crippen LogP contribution >= 0.6 is 0 Å². The van der Waals surface area contributed by atoms with Crippen molar-refractivity contribution in [1.82, 2.24) is 5.32 Å². The molecule has 1 atom stereocenters. The molecule has 0 saturated carbocycles. The Balaban J connectivity index is 3.87. The largest absolute Gasteiger partial charge is 0.350 e. The molecule has 0 spiro atoms. The average Bonchev–Trinajstić information content (AvgIpc) is 2.14. The molecule has 0 aliphatic carbocycles. The minimum Gasteiger partial charge on any atom is -0.350 e. The van der Waals surface area contributed by atoms with Crippen molar-refractivity contribution >= 4 is 5.91 Å². The highest BCUT2D eigenvalue weighted by atomic mass is 16.1. The predicted octanol–water partition coefficient (Wildman–Crippen LogP) is 1.42. The Labute approximate surface area is 81.1 Å². The van der Waals surface area contributed by atoms with Crippen molar-refractivity contribution in [2.75, 3.05) is 6.54 Å². The molecule has 0 saturated heterocycles. The van der Waals surface area contributed by atoms with E-state index in [1.165, 1.54) is 0 Å². The summed E-state index contributed by atoms with van der Waals surface area (Å²) in [5, 5.41) is 2.96. The number of nitrogens with two attached hydrogens (primary N) is 1. The summed E-state index contributed by atoms with van der Waals surface area (Å²) < 4.78 is 0. The van der Waals surface area contributed by atoms with Crippen molar-refractivity contribution in [2.45, 2.75) is 52.0 Å². The van der Waals surface area contributed by atoms with E-state index in [9.17, 15) is 4.79 Å². The van der Waals surface area contributed by atoms with Gasteiger partial charge in [0.25, 0.3) is 0 Å². The van der Waals surface area contributed by atoms with Crippen LogP contribution < -0.4 is 11.1 Å². The van der Waals surface area contributed by atoms with Gasteiger partial charge in [-0.3, -0.25) is 4.79 Å². The summed E-state index contributed by atoms with van der Waals surface area (Å²) in [7, 11) is 0. The van der Waals surface area contributed by atoms with E-state index < -0.39 is 0 Å². The molecule has 0 aromatic heterocycles. The van der Waals surface area contributed by atoms with E-state index in [0.717, 1.165) is 19.3 Å². The smallest absolute Gasteiger partial charge is 0.220 e. The van der Waals surface area contributed by atoms with Gasteiger partial charge in [-0.25, -0.2) is 0 Å². The van der Waals surface area contributed by atoms with Crippen molar-refractivity contribution in [2.24, 2.45) is 5.73 Å². The first-order valence-corrected chi connectivity index (χ1v) is 5.09. The molecule has 0 aromatic rings. The molecule has 0 heterocycles. The monoisotopic (exact) mass is 186 g/mol. The molecule has 0 aliphatic rings. The van der Waals surface area contributed by atoms with Crippen molar-refractivity contribution in [3.05, 3.63) is 0 Å². The van der Waals surface area contributed by atoms with E-state index in [0.29, 0.717) is 13.0 Å². The Kier molecular flexibility index (Phi) is 5.71. The summed E-state index contributed by atoms with van der Waals surface area (Å²) in [6, 6.07) is 0. The maximum atomic E-state index is 11.4. The third-order valence-corrected chi connectivity index (χ3v) is 2.43. The molecule has 0 fully saturated rings. The third kappa shape index (κ3) is 4.88. The maximum Gasteiger partial charge on any atom is 0.220 e. The number of rotatable bonds is 6. The van der Waals surface area contributed by atoms with Gasteiger partial charge in [-0.15, -0.1) is 0 Å². The van der Waals surface area contributed by atoms with Gasteiger partial charge in [0, 0.05) is 18.5 Å². The topological polar surface area (TPSA) is 55.1 Å². The summed E-state index contributed by atoms with van der Waals surface area (Å²) in [6.07, 6.45) is 3.50. The Bertz CT molecular complexity index is 153. The normalized spacial score (nSPS) is 15.1. The fourth-order valence-electron chi connectivity index (χ4n) is 1.02. The van der Waals surface area contributed by atoms with Gasteiger partial charge in [-0.1, -0.05) is 20.3 Å². The van der Waals surface area contributed by atoms with E-state index >= 15 is 0 Å². The van der Waals surface area contributed by atoms with Crippen LogP contribution in [-0.2, 0) is 4.79 Å². The fourth-order valence-corrected chi connectivity index (χ4v) is 1.02. The fraction of sp³-hybridized carbons (Fsp3) is 0.900. The van der Waals surface area contributed by atoms with Crippen LogP contribution in [0.2, 0.25) is 0 Å². The molecule has 0 radical (unpaired) electrons. The zero-order valence-corrected chi connectivity index (χ0v) is 9.02. The Morgan fingerprint density at radius 1 is 1.46 bits per heavy atom. The van der Waals surface area contributed by atoms with Crippen LogP contribution in [-0.4, -0.2) is 18.0 Å². The zero-order chi connectivity index (χ0) is 10.3. The highest BCUT2D eigenvalue weighted by Crippen LogP contribution is 2.07. The molecule has 78 valence electrons. The van der Waals surface area contributed by atoms with E-state index in [-0.39, 0.29) is 11.4 Å². The number of unbranched alkanes of at least 4 members (excludes halogenated alkanes) is 1. The SMILES string of the molecule is CCCCC(=O)NC(C)(CC)CN. The number of hydrogen-bond acceptors (Lipinski definition) is 2. The minimum atomic E-state index is -0.217. The molecule has 3 N–H and O–H groups in total. The first-order valence-electron chi connectivity index (χ1n) is 5.09. The molecule has 0 aromatic carbocycles. The van der Waals surface area contributed by atoms with Gasteiger partial charge in [0.2, 0.25) is 5.91 Å². The molecule has 1 unspecified atom stereocenters. The van der Waals surface area contributed by atoms with Crippen LogP contribution in [0.4, 0.5) is 0 Å². The number of carbonyl (C=O) groups is 1. The lowest BCUT2D eigenvalue weighted by molar-refractivity contribution is -0.122. The first-order chi connectivity index (χ1) is 6.08. The minimum absolute atomic E-state index is 0.122. The van der Waals surface area contributed by atoms with Crippen molar-refractivity contribution in [1.29, 1.82) is 0 Å². The molecule has 0 aliphatic heterocycles. The van der Waals surface area contributed by atoms with E-state index in [4.69, 9.17) is 5.73 Å². The second kappa shape index (κ2) is 5.97. The molecule has 1 amide bonds. The van der Waals surface area contributed by atoms with Gasteiger partial charge in [0.05, 0.1) is 0 Å². The lowest BCUT2D eigenvalue weighted by Crippen LogP contribution is -2.50.